The summed E-state index contributed by atoms with van der Waals surface area (Å²) in [6, 6.07) is 14.1. The Labute approximate surface area is 181 Å². The topological polar surface area (TPSA) is 99.2 Å². The highest BCUT2D eigenvalue weighted by Gasteiger charge is 2.49. The van der Waals surface area contributed by atoms with Crippen LogP contribution in [0, 0.1) is 0 Å². The third-order valence-corrected chi connectivity index (χ3v) is 6.41. The Morgan fingerprint density at radius 3 is 2.13 bits per heavy atom. The van der Waals surface area contributed by atoms with Crippen molar-refractivity contribution in [1.29, 1.82) is 0 Å². The molecule has 8 nitrogen and oxygen atoms in total. The van der Waals surface area contributed by atoms with Crippen LogP contribution in [-0.2, 0) is 28.8 Å². The molecule has 0 N–H and O–H groups in total. The van der Waals surface area contributed by atoms with Gasteiger partial charge in [0.2, 0.25) is 0 Å². The van der Waals surface area contributed by atoms with Crippen LogP contribution >= 0.6 is 0 Å². The van der Waals surface area contributed by atoms with Crippen molar-refractivity contribution in [2.75, 3.05) is 13.2 Å². The SMILES string of the molecule is CC(C)(C)OC(=O)[C@H]1COS(=O)(=O)N1C(=O)OCC1c2ccccc2-c2ccccc21. The zero-order valence-electron chi connectivity index (χ0n) is 17.4. The highest BCUT2D eigenvalue weighted by Crippen LogP contribution is 2.44. The van der Waals surface area contributed by atoms with E-state index in [1.54, 1.807) is 20.8 Å². The molecule has 2 aromatic carbocycles. The summed E-state index contributed by atoms with van der Waals surface area (Å²) in [7, 11) is -4.44. The number of carbonyl (C=O) groups excluding carboxylic acids is 2. The molecule has 1 heterocycles. The van der Waals surface area contributed by atoms with Crippen LogP contribution in [0.5, 0.6) is 0 Å². The van der Waals surface area contributed by atoms with Gasteiger partial charge in [-0.05, 0) is 43.0 Å². The number of carbonyl (C=O) groups is 2. The Morgan fingerprint density at radius 1 is 1.03 bits per heavy atom. The van der Waals surface area contributed by atoms with Crippen molar-refractivity contribution in [3.8, 4) is 11.1 Å². The highest BCUT2D eigenvalue weighted by molar-refractivity contribution is 7.85. The van der Waals surface area contributed by atoms with Gasteiger partial charge in [0.25, 0.3) is 0 Å². The van der Waals surface area contributed by atoms with E-state index in [-0.39, 0.29) is 12.5 Å². The quantitative estimate of drug-likeness (QED) is 0.669. The van der Waals surface area contributed by atoms with E-state index in [4.69, 9.17) is 13.7 Å². The summed E-state index contributed by atoms with van der Waals surface area (Å²) in [5.41, 5.74) is 3.21. The van der Waals surface area contributed by atoms with Crippen LogP contribution in [0.25, 0.3) is 11.1 Å². The van der Waals surface area contributed by atoms with Gasteiger partial charge in [-0.2, -0.15) is 12.7 Å². The minimum absolute atomic E-state index is 0.0834. The molecule has 1 saturated heterocycles. The first-order valence-electron chi connectivity index (χ1n) is 9.85. The normalized spacial score (nSPS) is 19.6. The maximum atomic E-state index is 12.8. The molecule has 0 unspecified atom stereocenters. The summed E-state index contributed by atoms with van der Waals surface area (Å²) >= 11 is 0. The molecule has 1 amide bonds. The monoisotopic (exact) mass is 445 g/mol. The van der Waals surface area contributed by atoms with Gasteiger partial charge in [-0.1, -0.05) is 48.5 Å². The Bertz CT molecular complexity index is 1090. The molecule has 2 aromatic rings. The van der Waals surface area contributed by atoms with Crippen molar-refractivity contribution in [3.05, 3.63) is 59.7 Å². The first kappa shape index (κ1) is 21.3. The minimum Gasteiger partial charge on any atom is -0.458 e. The van der Waals surface area contributed by atoms with Crippen molar-refractivity contribution in [1.82, 2.24) is 4.31 Å². The van der Waals surface area contributed by atoms with E-state index < -0.39 is 40.6 Å². The van der Waals surface area contributed by atoms with E-state index in [1.807, 2.05) is 48.5 Å². The molecule has 4 rings (SSSR count). The maximum absolute atomic E-state index is 12.8. The number of fused-ring (bicyclic) bond motifs is 3. The van der Waals surface area contributed by atoms with Crippen LogP contribution in [0.2, 0.25) is 0 Å². The lowest BCUT2D eigenvalue weighted by atomic mass is 9.98. The van der Waals surface area contributed by atoms with E-state index in [2.05, 4.69) is 0 Å². The summed E-state index contributed by atoms with van der Waals surface area (Å²) < 4.78 is 40.2. The molecule has 0 bridgehead atoms. The van der Waals surface area contributed by atoms with Crippen molar-refractivity contribution < 1.29 is 31.7 Å². The fourth-order valence-electron chi connectivity index (χ4n) is 3.84. The second-order valence-electron chi connectivity index (χ2n) is 8.39. The Kier molecular flexibility index (Phi) is 5.26. The summed E-state index contributed by atoms with van der Waals surface area (Å²) in [6.45, 7) is 4.34. The lowest BCUT2D eigenvalue weighted by Crippen LogP contribution is -2.46. The molecule has 31 heavy (non-hydrogen) atoms. The van der Waals surface area contributed by atoms with Crippen LogP contribution in [0.1, 0.15) is 37.8 Å². The van der Waals surface area contributed by atoms with Crippen LogP contribution < -0.4 is 0 Å². The first-order valence-corrected chi connectivity index (χ1v) is 11.2. The van der Waals surface area contributed by atoms with Gasteiger partial charge in [0, 0.05) is 5.92 Å². The van der Waals surface area contributed by atoms with E-state index in [1.165, 1.54) is 0 Å². The molecule has 9 heteroatoms. The highest BCUT2D eigenvalue weighted by atomic mass is 32.2. The fraction of sp³-hybridized carbons (Fsp3) is 0.364. The van der Waals surface area contributed by atoms with Gasteiger partial charge in [-0.25, -0.2) is 9.59 Å². The molecule has 2 aliphatic rings. The van der Waals surface area contributed by atoms with Crippen LogP contribution in [0.15, 0.2) is 48.5 Å². The van der Waals surface area contributed by atoms with Crippen molar-refractivity contribution >= 4 is 22.4 Å². The average molecular weight is 445 g/mol. The van der Waals surface area contributed by atoms with Gasteiger partial charge in [-0.15, -0.1) is 0 Å². The van der Waals surface area contributed by atoms with Gasteiger partial charge in [0.15, 0.2) is 6.04 Å². The molecule has 1 fully saturated rings. The molecule has 1 aliphatic heterocycles. The van der Waals surface area contributed by atoms with E-state index >= 15 is 0 Å². The van der Waals surface area contributed by atoms with Gasteiger partial charge >= 0.3 is 22.4 Å². The predicted molar refractivity (Wildman–Crippen MR) is 111 cm³/mol. The number of ether oxygens (including phenoxy) is 2. The molecular weight excluding hydrogens is 422 g/mol. The summed E-state index contributed by atoms with van der Waals surface area (Å²) in [5, 5.41) is 0. The van der Waals surface area contributed by atoms with E-state index in [0.29, 0.717) is 4.31 Å². The van der Waals surface area contributed by atoms with Gasteiger partial charge in [-0.3, -0.25) is 4.18 Å². The summed E-state index contributed by atoms with van der Waals surface area (Å²) in [6.07, 6.45) is -1.17. The maximum Gasteiger partial charge on any atom is 0.426 e. The van der Waals surface area contributed by atoms with Crippen LogP contribution in [0.3, 0.4) is 0 Å². The molecule has 164 valence electrons. The van der Waals surface area contributed by atoms with E-state index in [9.17, 15) is 18.0 Å². The molecule has 0 spiro atoms. The number of rotatable bonds is 3. The number of hydrogen-bond donors (Lipinski definition) is 0. The standard InChI is InChI=1S/C22H23NO7S/c1-22(2,3)30-20(24)19-13-29-31(26,27)23(19)21(25)28-12-18-16-10-6-4-8-14(16)15-9-5-7-11-17(15)18/h4-11,18-19H,12-13H2,1-3H3/t19-/m1/s1. The minimum atomic E-state index is -4.44. The third-order valence-electron chi connectivity index (χ3n) is 5.09. The van der Waals surface area contributed by atoms with Crippen molar-refractivity contribution in [3.63, 3.8) is 0 Å². The zero-order valence-corrected chi connectivity index (χ0v) is 18.2. The lowest BCUT2D eigenvalue weighted by Gasteiger charge is -2.25. The third kappa shape index (κ3) is 4.03. The predicted octanol–water partition coefficient (Wildman–Crippen LogP) is 3.22. The molecular formula is C22H23NO7S. The molecule has 0 saturated carbocycles. The summed E-state index contributed by atoms with van der Waals surface area (Å²) in [5.74, 6) is -1.12. The number of benzene rings is 2. The Morgan fingerprint density at radius 2 is 1.58 bits per heavy atom. The van der Waals surface area contributed by atoms with E-state index in [0.717, 1.165) is 22.3 Å². The second kappa shape index (κ2) is 7.65. The average Bonchev–Trinajstić information content (AvgIpc) is 3.19. The second-order valence-corrected chi connectivity index (χ2v) is 9.88. The molecule has 1 atom stereocenters. The van der Waals surface area contributed by atoms with Crippen molar-refractivity contribution in [2.45, 2.75) is 38.3 Å². The smallest absolute Gasteiger partial charge is 0.426 e. The number of amides is 1. The van der Waals surface area contributed by atoms with Gasteiger partial charge < -0.3 is 9.47 Å². The summed E-state index contributed by atoms with van der Waals surface area (Å²) in [4.78, 5) is 25.2. The number of hydrogen-bond acceptors (Lipinski definition) is 7. The first-order chi connectivity index (χ1) is 14.6. The van der Waals surface area contributed by atoms with Crippen LogP contribution in [-0.4, -0.2) is 49.6 Å². The fourth-order valence-corrected chi connectivity index (χ4v) is 4.95. The zero-order chi connectivity index (χ0) is 22.4. The van der Waals surface area contributed by atoms with Gasteiger partial charge in [0.1, 0.15) is 18.8 Å². The Balaban J connectivity index is 1.55. The van der Waals surface area contributed by atoms with Crippen LogP contribution in [0.4, 0.5) is 4.79 Å². The number of esters is 1. The largest absolute Gasteiger partial charge is 0.458 e. The van der Waals surface area contributed by atoms with Crippen molar-refractivity contribution in [2.24, 2.45) is 0 Å². The molecule has 1 aliphatic carbocycles. The lowest BCUT2D eigenvalue weighted by molar-refractivity contribution is -0.159. The number of nitrogens with zero attached hydrogens (tertiary/aromatic N) is 1. The molecule has 0 aromatic heterocycles. The van der Waals surface area contributed by atoms with Gasteiger partial charge in [0.05, 0.1) is 0 Å². The Hall–Kier alpha value is -2.91. The molecule has 0 radical (unpaired) electrons.